The third-order valence-electron chi connectivity index (χ3n) is 4.76. The van der Waals surface area contributed by atoms with Crippen LogP contribution in [0.5, 0.6) is 17.2 Å². The molecule has 1 aliphatic heterocycles. The fraction of sp³-hybridized carbons (Fsp3) is 0.318. The monoisotopic (exact) mass is 461 g/mol. The Morgan fingerprint density at radius 1 is 1.09 bits per heavy atom. The van der Waals surface area contributed by atoms with Gasteiger partial charge in [-0.2, -0.15) is 0 Å². The van der Waals surface area contributed by atoms with Crippen molar-refractivity contribution in [2.75, 3.05) is 31.8 Å². The summed E-state index contributed by atoms with van der Waals surface area (Å²) >= 11 is 6.04. The van der Waals surface area contributed by atoms with E-state index in [9.17, 15) is 14.4 Å². The topological polar surface area (TPSA) is 106 Å². The van der Waals surface area contributed by atoms with E-state index in [1.54, 1.807) is 42.5 Å². The largest absolute Gasteiger partial charge is 0.495 e. The zero-order valence-electron chi connectivity index (χ0n) is 17.7. The second-order valence-corrected chi connectivity index (χ2v) is 7.36. The van der Waals surface area contributed by atoms with E-state index < -0.39 is 17.7 Å². The van der Waals surface area contributed by atoms with E-state index in [1.165, 1.54) is 12.0 Å². The molecule has 1 aliphatic rings. The Hall–Kier alpha value is -3.46. The number of nitrogens with zero attached hydrogens (tertiary/aromatic N) is 1. The van der Waals surface area contributed by atoms with E-state index in [0.717, 1.165) is 0 Å². The summed E-state index contributed by atoms with van der Waals surface area (Å²) in [5, 5.41) is 0.444. The first-order valence-corrected chi connectivity index (χ1v) is 10.4. The van der Waals surface area contributed by atoms with Crippen LogP contribution in [0.25, 0.3) is 0 Å². The van der Waals surface area contributed by atoms with Crippen LogP contribution in [0, 0.1) is 5.92 Å². The zero-order valence-corrected chi connectivity index (χ0v) is 18.5. The minimum Gasteiger partial charge on any atom is -0.495 e. The van der Waals surface area contributed by atoms with Gasteiger partial charge < -0.3 is 19.1 Å². The van der Waals surface area contributed by atoms with Gasteiger partial charge in [0.2, 0.25) is 11.8 Å². The van der Waals surface area contributed by atoms with Gasteiger partial charge in [-0.25, -0.2) is 0 Å². The summed E-state index contributed by atoms with van der Waals surface area (Å²) in [4.78, 5) is 38.5. The molecular formula is C22H24ClN3O6. The summed E-state index contributed by atoms with van der Waals surface area (Å²) < 4.78 is 16.2. The van der Waals surface area contributed by atoms with E-state index >= 15 is 0 Å². The maximum Gasteiger partial charge on any atom is 0.276 e. The van der Waals surface area contributed by atoms with Crippen LogP contribution < -0.4 is 30.0 Å². The maximum absolute atomic E-state index is 12.5. The molecule has 0 radical (unpaired) electrons. The number of ether oxygens (including phenoxy) is 3. The number of carbonyl (C=O) groups is 3. The molecule has 1 saturated heterocycles. The second kappa shape index (κ2) is 10.7. The number of benzene rings is 2. The van der Waals surface area contributed by atoms with Crippen LogP contribution >= 0.6 is 11.6 Å². The van der Waals surface area contributed by atoms with Crippen LogP contribution in [0.1, 0.15) is 13.3 Å². The van der Waals surface area contributed by atoms with E-state index in [2.05, 4.69) is 10.9 Å². The third kappa shape index (κ3) is 5.61. The third-order valence-corrected chi connectivity index (χ3v) is 5.00. The molecule has 2 N–H and O–H groups in total. The highest BCUT2D eigenvalue weighted by atomic mass is 35.5. The Balaban J connectivity index is 1.52. The number of methoxy groups -OCH3 is 1. The van der Waals surface area contributed by atoms with Gasteiger partial charge in [-0.15, -0.1) is 0 Å². The fourth-order valence-electron chi connectivity index (χ4n) is 3.25. The standard InChI is InChI=1S/C22H24ClN3O6/c1-3-31-18-6-4-5-7-19(18)32-13-20(27)24-25-22(29)14-10-21(28)26(12-14)16-11-15(23)8-9-17(16)30-2/h4-9,11,14H,3,10,12-13H2,1-2H3,(H,24,27)(H,25,29). The second-order valence-electron chi connectivity index (χ2n) is 6.93. The van der Waals surface area contributed by atoms with Gasteiger partial charge >= 0.3 is 0 Å². The summed E-state index contributed by atoms with van der Waals surface area (Å²) in [6.45, 7) is 2.12. The molecule has 0 spiro atoms. The highest BCUT2D eigenvalue weighted by Gasteiger charge is 2.36. The number of hydrogen-bond acceptors (Lipinski definition) is 6. The first-order valence-electron chi connectivity index (χ1n) is 10.00. The molecular weight excluding hydrogens is 438 g/mol. The molecule has 1 heterocycles. The SMILES string of the molecule is CCOc1ccccc1OCC(=O)NNC(=O)C1CC(=O)N(c2cc(Cl)ccc2OC)C1. The molecule has 170 valence electrons. The molecule has 1 fully saturated rings. The molecule has 2 aromatic carbocycles. The van der Waals surface area contributed by atoms with Crippen LogP contribution in [-0.2, 0) is 14.4 Å². The molecule has 3 rings (SSSR count). The van der Waals surface area contributed by atoms with Crippen molar-refractivity contribution in [2.24, 2.45) is 5.92 Å². The van der Waals surface area contributed by atoms with E-state index in [-0.39, 0.29) is 25.5 Å². The Morgan fingerprint density at radius 3 is 2.50 bits per heavy atom. The van der Waals surface area contributed by atoms with E-state index in [0.29, 0.717) is 34.6 Å². The smallest absolute Gasteiger partial charge is 0.276 e. The van der Waals surface area contributed by atoms with Crippen molar-refractivity contribution in [1.29, 1.82) is 0 Å². The van der Waals surface area contributed by atoms with E-state index in [4.69, 9.17) is 25.8 Å². The first-order chi connectivity index (χ1) is 15.4. The Bertz CT molecular complexity index is 999. The van der Waals surface area contributed by atoms with Gasteiger partial charge in [0.1, 0.15) is 5.75 Å². The predicted octanol–water partition coefficient (Wildman–Crippen LogP) is 2.33. The quantitative estimate of drug-likeness (QED) is 0.584. The summed E-state index contributed by atoms with van der Waals surface area (Å²) in [6, 6.07) is 11.9. The molecule has 2 aromatic rings. The van der Waals surface area contributed by atoms with Crippen LogP contribution in [0.2, 0.25) is 5.02 Å². The highest BCUT2D eigenvalue weighted by molar-refractivity contribution is 6.31. The lowest BCUT2D eigenvalue weighted by Crippen LogP contribution is -2.46. The minimum atomic E-state index is -0.647. The number of para-hydroxylation sites is 2. The van der Waals surface area contributed by atoms with Crippen molar-refractivity contribution in [3.8, 4) is 17.2 Å². The number of halogens is 1. The highest BCUT2D eigenvalue weighted by Crippen LogP contribution is 2.35. The summed E-state index contributed by atoms with van der Waals surface area (Å²) in [5.41, 5.74) is 5.14. The maximum atomic E-state index is 12.5. The Morgan fingerprint density at radius 2 is 1.81 bits per heavy atom. The lowest BCUT2D eigenvalue weighted by Gasteiger charge is -2.20. The number of anilines is 1. The Labute approximate surface area is 190 Å². The molecule has 0 aromatic heterocycles. The van der Waals surface area contributed by atoms with Crippen molar-refractivity contribution in [3.63, 3.8) is 0 Å². The first kappa shape index (κ1) is 23.2. The van der Waals surface area contributed by atoms with Crippen molar-refractivity contribution in [3.05, 3.63) is 47.5 Å². The number of carbonyl (C=O) groups excluding carboxylic acids is 3. The van der Waals surface area contributed by atoms with Gasteiger partial charge in [0, 0.05) is 18.0 Å². The lowest BCUT2D eigenvalue weighted by atomic mass is 10.1. The van der Waals surface area contributed by atoms with Crippen molar-refractivity contribution in [2.45, 2.75) is 13.3 Å². The van der Waals surface area contributed by atoms with Crippen LogP contribution in [0.15, 0.2) is 42.5 Å². The minimum absolute atomic E-state index is 0.00436. The number of amides is 3. The fourth-order valence-corrected chi connectivity index (χ4v) is 3.41. The average Bonchev–Trinajstić information content (AvgIpc) is 3.18. The molecule has 0 bridgehead atoms. The predicted molar refractivity (Wildman–Crippen MR) is 118 cm³/mol. The number of hydrazine groups is 1. The van der Waals surface area contributed by atoms with Crippen molar-refractivity contribution >= 4 is 35.0 Å². The molecule has 9 nitrogen and oxygen atoms in total. The Kier molecular flexibility index (Phi) is 7.77. The zero-order chi connectivity index (χ0) is 23.1. The lowest BCUT2D eigenvalue weighted by molar-refractivity contribution is -0.132. The van der Waals surface area contributed by atoms with Crippen molar-refractivity contribution in [1.82, 2.24) is 10.9 Å². The number of nitrogens with one attached hydrogen (secondary N) is 2. The molecule has 0 aliphatic carbocycles. The average molecular weight is 462 g/mol. The molecule has 32 heavy (non-hydrogen) atoms. The number of hydrogen-bond donors (Lipinski definition) is 2. The normalized spacial score (nSPS) is 15.3. The van der Waals surface area contributed by atoms with Gasteiger partial charge in [-0.1, -0.05) is 23.7 Å². The summed E-state index contributed by atoms with van der Waals surface area (Å²) in [6.07, 6.45) is -0.00436. The van der Waals surface area contributed by atoms with Gasteiger partial charge in [-0.05, 0) is 37.3 Å². The van der Waals surface area contributed by atoms with Gasteiger partial charge in [0.15, 0.2) is 18.1 Å². The summed E-state index contributed by atoms with van der Waals surface area (Å²) in [7, 11) is 1.49. The summed E-state index contributed by atoms with van der Waals surface area (Å²) in [5.74, 6) is -0.510. The molecule has 10 heteroatoms. The van der Waals surface area contributed by atoms with Crippen molar-refractivity contribution < 1.29 is 28.6 Å². The molecule has 3 amide bonds. The van der Waals surface area contributed by atoms with Crippen LogP contribution in [0.3, 0.4) is 0 Å². The van der Waals surface area contributed by atoms with Crippen LogP contribution in [0.4, 0.5) is 5.69 Å². The van der Waals surface area contributed by atoms with Crippen LogP contribution in [-0.4, -0.2) is 44.6 Å². The molecule has 1 atom stereocenters. The number of rotatable bonds is 8. The van der Waals surface area contributed by atoms with Gasteiger partial charge in [0.25, 0.3) is 5.91 Å². The molecule has 1 unspecified atom stereocenters. The van der Waals surface area contributed by atoms with E-state index in [1.807, 2.05) is 6.92 Å². The molecule has 0 saturated carbocycles. The van der Waals surface area contributed by atoms with Gasteiger partial charge in [0.05, 0.1) is 25.3 Å². The van der Waals surface area contributed by atoms with Gasteiger partial charge in [-0.3, -0.25) is 25.2 Å².